The van der Waals surface area contributed by atoms with Gasteiger partial charge < -0.3 is 19.6 Å². The van der Waals surface area contributed by atoms with Gasteiger partial charge in [0.25, 0.3) is 0 Å². The Kier molecular flexibility index (Phi) is 9.14. The van der Waals surface area contributed by atoms with Crippen molar-refractivity contribution in [3.8, 4) is 11.1 Å². The summed E-state index contributed by atoms with van der Waals surface area (Å²) in [4.78, 5) is 12.4. The normalized spacial score (nSPS) is 14.2. The molecule has 0 spiro atoms. The van der Waals surface area contributed by atoms with Crippen LogP contribution in [0.15, 0.2) is 97.9 Å². The van der Waals surface area contributed by atoms with Gasteiger partial charge in [-0.15, -0.1) is 11.1 Å². The molecule has 1 aromatic heterocycles. The van der Waals surface area contributed by atoms with Crippen molar-refractivity contribution < 1.29 is 21.1 Å². The van der Waals surface area contributed by atoms with Crippen molar-refractivity contribution in [1.29, 1.82) is 0 Å². The first-order valence-corrected chi connectivity index (χ1v) is 10.6. The van der Waals surface area contributed by atoms with Crippen LogP contribution in [0.3, 0.4) is 0 Å². The van der Waals surface area contributed by atoms with Crippen molar-refractivity contribution in [3.05, 3.63) is 128 Å². The summed E-state index contributed by atoms with van der Waals surface area (Å²) in [6.07, 6.45) is 11.9. The second kappa shape index (κ2) is 12.3. The van der Waals surface area contributed by atoms with Gasteiger partial charge in [0, 0.05) is 33.5 Å². The molecule has 6 heteroatoms. The molecule has 0 aliphatic carbocycles. The maximum atomic E-state index is 3.97. The molecule has 0 unspecified atom stereocenters. The number of hydrogen-bond acceptors (Lipinski definition) is 5. The van der Waals surface area contributed by atoms with E-state index in [1.54, 1.807) is 0 Å². The monoisotopic (exact) mass is 617 g/mol. The fraction of sp³-hybridized carbons (Fsp3) is 0.148. The van der Waals surface area contributed by atoms with Crippen LogP contribution in [0.5, 0.6) is 0 Å². The Morgan fingerprint density at radius 1 is 0.667 bits per heavy atom. The zero-order valence-electron chi connectivity index (χ0n) is 18.9. The van der Waals surface area contributed by atoms with Crippen molar-refractivity contribution in [2.45, 2.75) is 13.1 Å². The van der Waals surface area contributed by atoms with Gasteiger partial charge in [0.1, 0.15) is 0 Å². The Morgan fingerprint density at radius 3 is 1.67 bits per heavy atom. The van der Waals surface area contributed by atoms with Crippen LogP contribution in [0.2, 0.25) is 0 Å². The first-order valence-electron chi connectivity index (χ1n) is 10.6. The number of aromatic nitrogens is 1. The molecule has 0 atom stereocenters. The Bertz CT molecular complexity index is 958. The molecule has 5 nitrogen and oxygen atoms in total. The SMILES string of the molecule is CN1C=CN(Cc2[c-]c(CN3C=CN(C)[CH-]3)ccc2)[CH-]1.[Pt].c1ccc(-c2ccncc2)cc1. The first-order chi connectivity index (χ1) is 15.7. The summed E-state index contributed by atoms with van der Waals surface area (Å²) in [5, 5.41) is 0. The molecule has 0 saturated heterocycles. The summed E-state index contributed by atoms with van der Waals surface area (Å²) in [7, 11) is 4.06. The zero-order valence-corrected chi connectivity index (χ0v) is 21.1. The van der Waals surface area contributed by atoms with Crippen LogP contribution < -0.4 is 0 Å². The molecule has 0 N–H and O–H groups in total. The van der Waals surface area contributed by atoms with Crippen molar-refractivity contribution in [2.24, 2.45) is 0 Å². The number of benzene rings is 2. The Morgan fingerprint density at radius 2 is 1.18 bits per heavy atom. The van der Waals surface area contributed by atoms with E-state index in [4.69, 9.17) is 0 Å². The van der Waals surface area contributed by atoms with Crippen molar-refractivity contribution in [3.63, 3.8) is 0 Å². The predicted octanol–water partition coefficient (Wildman–Crippen LogP) is 4.91. The number of hydrogen-bond donors (Lipinski definition) is 0. The van der Waals surface area contributed by atoms with E-state index < -0.39 is 0 Å². The van der Waals surface area contributed by atoms with Gasteiger partial charge in [-0.1, -0.05) is 30.3 Å². The van der Waals surface area contributed by atoms with Crippen LogP contribution in [0, 0.1) is 19.4 Å². The largest absolute Gasteiger partial charge is 0.511 e. The van der Waals surface area contributed by atoms with E-state index in [9.17, 15) is 0 Å². The fourth-order valence-electron chi connectivity index (χ4n) is 3.51. The van der Waals surface area contributed by atoms with Crippen molar-refractivity contribution in [2.75, 3.05) is 14.1 Å². The summed E-state index contributed by atoms with van der Waals surface area (Å²) in [5.74, 6) is 0. The third-order valence-electron chi connectivity index (χ3n) is 5.06. The average Bonchev–Trinajstić information content (AvgIpc) is 3.43. The van der Waals surface area contributed by atoms with E-state index in [1.165, 1.54) is 22.3 Å². The molecule has 2 aromatic carbocycles. The number of pyridine rings is 1. The third kappa shape index (κ3) is 7.50. The number of rotatable bonds is 5. The van der Waals surface area contributed by atoms with E-state index in [0.717, 1.165) is 13.1 Å². The molecule has 0 amide bonds. The minimum Gasteiger partial charge on any atom is -0.511 e. The first kappa shape index (κ1) is 24.6. The van der Waals surface area contributed by atoms with Crippen LogP contribution in [0.4, 0.5) is 0 Å². The summed E-state index contributed by atoms with van der Waals surface area (Å²) < 4.78 is 0. The Hall–Kier alpha value is -3.04. The Balaban J connectivity index is 0.000000202. The molecule has 0 bridgehead atoms. The van der Waals surface area contributed by atoms with Crippen LogP contribution in [-0.4, -0.2) is 38.7 Å². The molecule has 0 saturated carbocycles. The summed E-state index contributed by atoms with van der Waals surface area (Å²) >= 11 is 0. The van der Waals surface area contributed by atoms with E-state index >= 15 is 0 Å². The van der Waals surface area contributed by atoms with E-state index in [0.29, 0.717) is 0 Å². The smallest absolute Gasteiger partial charge is 0.0273 e. The Labute approximate surface area is 211 Å². The minimum absolute atomic E-state index is 0. The standard InChI is InChI=1S/C16H19N4.C11H9N.Pt/c1-17-6-8-19(13-17)11-15-4-3-5-16(10-15)12-20-9-7-18(2)14-20;1-2-4-10(5-3-1)11-6-8-12-9-7-11;/h3-9,13-14H,11-12H2,1-2H3;1-9H;/q-3;;. The summed E-state index contributed by atoms with van der Waals surface area (Å²) in [5.41, 5.74) is 4.86. The third-order valence-corrected chi connectivity index (χ3v) is 5.06. The molecular formula is C27H28N5Pt-3. The van der Waals surface area contributed by atoms with Gasteiger partial charge in [0.05, 0.1) is 0 Å². The predicted molar refractivity (Wildman–Crippen MR) is 128 cm³/mol. The summed E-state index contributed by atoms with van der Waals surface area (Å²) in [6, 6.07) is 24.2. The van der Waals surface area contributed by atoms with Crippen LogP contribution in [-0.2, 0) is 34.2 Å². The molecule has 5 rings (SSSR count). The molecule has 2 aliphatic heterocycles. The van der Waals surface area contributed by atoms with E-state index in [1.807, 2.05) is 79.0 Å². The molecule has 0 fully saturated rings. The van der Waals surface area contributed by atoms with Gasteiger partial charge in [-0.3, -0.25) is 4.98 Å². The second-order valence-corrected chi connectivity index (χ2v) is 7.81. The quantitative estimate of drug-likeness (QED) is 0.380. The van der Waals surface area contributed by atoms with Gasteiger partial charge >= 0.3 is 0 Å². The van der Waals surface area contributed by atoms with Crippen LogP contribution in [0.25, 0.3) is 11.1 Å². The van der Waals surface area contributed by atoms with Gasteiger partial charge in [-0.2, -0.15) is 37.6 Å². The van der Waals surface area contributed by atoms with Gasteiger partial charge in [0.15, 0.2) is 0 Å². The molecular weight excluding hydrogens is 589 g/mol. The van der Waals surface area contributed by atoms with Gasteiger partial charge in [0.2, 0.25) is 0 Å². The molecule has 33 heavy (non-hydrogen) atoms. The topological polar surface area (TPSA) is 25.9 Å². The van der Waals surface area contributed by atoms with E-state index in [-0.39, 0.29) is 21.1 Å². The van der Waals surface area contributed by atoms with Crippen molar-refractivity contribution in [1.82, 2.24) is 24.6 Å². The van der Waals surface area contributed by atoms with Gasteiger partial charge in [-0.05, 0) is 75.2 Å². The molecule has 0 radical (unpaired) electrons. The molecule has 2 aliphatic rings. The van der Waals surface area contributed by atoms with Crippen LogP contribution >= 0.6 is 0 Å². The molecule has 3 aromatic rings. The fourth-order valence-corrected chi connectivity index (χ4v) is 3.51. The minimum atomic E-state index is 0. The van der Waals surface area contributed by atoms with Crippen molar-refractivity contribution >= 4 is 0 Å². The van der Waals surface area contributed by atoms with Gasteiger partial charge in [-0.25, -0.2) is 0 Å². The second-order valence-electron chi connectivity index (χ2n) is 7.81. The van der Waals surface area contributed by atoms with E-state index in [2.05, 4.69) is 76.9 Å². The molecule has 3 heterocycles. The maximum absolute atomic E-state index is 3.97. The maximum Gasteiger partial charge on any atom is 0.0273 e. The molecule has 174 valence electrons. The average molecular weight is 618 g/mol. The summed E-state index contributed by atoms with van der Waals surface area (Å²) in [6.45, 7) is 5.86. The number of nitrogens with zero attached hydrogens (tertiary/aromatic N) is 5. The van der Waals surface area contributed by atoms with Crippen LogP contribution in [0.1, 0.15) is 11.1 Å². The zero-order chi connectivity index (χ0) is 22.2.